The van der Waals surface area contributed by atoms with Crippen LogP contribution in [0.25, 0.3) is 0 Å². The third-order valence-electron chi connectivity index (χ3n) is 2.69. The van der Waals surface area contributed by atoms with Gasteiger partial charge in [-0.1, -0.05) is 0 Å². The Bertz CT molecular complexity index is 396. The van der Waals surface area contributed by atoms with Crippen LogP contribution >= 0.6 is 0 Å². The number of aliphatic hydroxyl groups is 1. The van der Waals surface area contributed by atoms with Gasteiger partial charge in [-0.15, -0.1) is 0 Å². The highest BCUT2D eigenvalue weighted by Gasteiger charge is 2.12. The van der Waals surface area contributed by atoms with Crippen LogP contribution in [0.3, 0.4) is 0 Å². The molecule has 0 saturated carbocycles. The first-order valence-electron chi connectivity index (χ1n) is 6.10. The second kappa shape index (κ2) is 7.82. The maximum atomic E-state index is 10.5. The molecule has 2 N–H and O–H groups in total. The van der Waals surface area contributed by atoms with Crippen LogP contribution in [-0.4, -0.2) is 52.2 Å². The van der Waals surface area contributed by atoms with Crippen molar-refractivity contribution < 1.29 is 14.8 Å². The molecule has 1 aromatic heterocycles. The minimum absolute atomic E-state index is 0.0754. The Kier molecular flexibility index (Phi) is 6.40. The Morgan fingerprint density at radius 2 is 2.42 bits per heavy atom. The molecule has 0 amide bonds. The van der Waals surface area contributed by atoms with Gasteiger partial charge in [-0.05, 0) is 13.3 Å². The van der Waals surface area contributed by atoms with Gasteiger partial charge in [0.1, 0.15) is 12.4 Å². The van der Waals surface area contributed by atoms with E-state index in [-0.39, 0.29) is 18.3 Å². The Balaban J connectivity index is 2.30. The molecule has 19 heavy (non-hydrogen) atoms. The molecule has 1 aromatic rings. The van der Waals surface area contributed by atoms with Gasteiger partial charge >= 0.3 is 5.69 Å². The molecule has 108 valence electrons. The quantitative estimate of drug-likeness (QED) is 0.490. The molecule has 8 heteroatoms. The van der Waals surface area contributed by atoms with E-state index in [9.17, 15) is 15.2 Å². The van der Waals surface area contributed by atoms with Crippen LogP contribution in [0.5, 0.6) is 0 Å². The van der Waals surface area contributed by atoms with Crippen LogP contribution in [0.2, 0.25) is 0 Å². The molecular weight excluding hydrogens is 252 g/mol. The number of rotatable bonds is 9. The highest BCUT2D eigenvalue weighted by molar-refractivity contribution is 5.20. The molecule has 0 radical (unpaired) electrons. The molecule has 0 aliphatic heterocycles. The lowest BCUT2D eigenvalue weighted by molar-refractivity contribution is -0.385. The van der Waals surface area contributed by atoms with Crippen molar-refractivity contribution in [2.45, 2.75) is 32.0 Å². The number of nitrogens with one attached hydrogen (secondary N) is 1. The predicted octanol–water partition coefficient (Wildman–Crippen LogP) is 0.167. The van der Waals surface area contributed by atoms with E-state index in [1.165, 1.54) is 17.1 Å². The van der Waals surface area contributed by atoms with Gasteiger partial charge in [0.15, 0.2) is 0 Å². The van der Waals surface area contributed by atoms with Gasteiger partial charge < -0.3 is 15.2 Å². The Labute approximate surface area is 111 Å². The van der Waals surface area contributed by atoms with Gasteiger partial charge in [0.05, 0.1) is 17.6 Å². The predicted molar refractivity (Wildman–Crippen MR) is 68.8 cm³/mol. The van der Waals surface area contributed by atoms with E-state index in [1.807, 2.05) is 6.92 Å². The average molecular weight is 272 g/mol. The zero-order valence-corrected chi connectivity index (χ0v) is 11.2. The largest absolute Gasteiger partial charge is 0.390 e. The number of ether oxygens (including phenoxy) is 1. The second-order valence-electron chi connectivity index (χ2n) is 4.42. The molecule has 2 atom stereocenters. The molecule has 0 bridgehead atoms. The van der Waals surface area contributed by atoms with E-state index in [0.29, 0.717) is 13.2 Å². The van der Waals surface area contributed by atoms with Crippen molar-refractivity contribution in [2.75, 3.05) is 20.3 Å². The van der Waals surface area contributed by atoms with Crippen LogP contribution in [0.15, 0.2) is 12.4 Å². The summed E-state index contributed by atoms with van der Waals surface area (Å²) in [7, 11) is 1.65. The van der Waals surface area contributed by atoms with E-state index >= 15 is 0 Å². The summed E-state index contributed by atoms with van der Waals surface area (Å²) in [5.41, 5.74) is -0.0754. The number of hydrogen-bond donors (Lipinski definition) is 2. The highest BCUT2D eigenvalue weighted by atomic mass is 16.6. The first-order valence-corrected chi connectivity index (χ1v) is 6.10. The van der Waals surface area contributed by atoms with Crippen molar-refractivity contribution in [1.29, 1.82) is 0 Å². The van der Waals surface area contributed by atoms with Gasteiger partial charge in [-0.3, -0.25) is 14.8 Å². The maximum absolute atomic E-state index is 10.5. The fourth-order valence-corrected chi connectivity index (χ4v) is 1.56. The number of methoxy groups -OCH3 is 1. The maximum Gasteiger partial charge on any atom is 0.306 e. The first-order chi connectivity index (χ1) is 9.02. The molecular formula is C11H20N4O4. The molecule has 0 fully saturated rings. The highest BCUT2D eigenvalue weighted by Crippen LogP contribution is 2.08. The topological polar surface area (TPSA) is 102 Å². The zero-order chi connectivity index (χ0) is 14.3. The molecule has 2 unspecified atom stereocenters. The fourth-order valence-electron chi connectivity index (χ4n) is 1.56. The van der Waals surface area contributed by atoms with E-state index in [0.717, 1.165) is 6.42 Å². The molecule has 8 nitrogen and oxygen atoms in total. The summed E-state index contributed by atoms with van der Waals surface area (Å²) in [6, 6.07) is 0.238. The Morgan fingerprint density at radius 3 is 3.00 bits per heavy atom. The van der Waals surface area contributed by atoms with Crippen molar-refractivity contribution in [1.82, 2.24) is 15.1 Å². The van der Waals surface area contributed by atoms with Crippen molar-refractivity contribution in [2.24, 2.45) is 0 Å². The van der Waals surface area contributed by atoms with Gasteiger partial charge in [0.25, 0.3) is 0 Å². The molecule has 0 aliphatic carbocycles. The number of nitro groups is 1. The first kappa shape index (κ1) is 15.5. The summed E-state index contributed by atoms with van der Waals surface area (Å²) >= 11 is 0. The van der Waals surface area contributed by atoms with Crippen LogP contribution in [0.4, 0.5) is 5.69 Å². The van der Waals surface area contributed by atoms with E-state index in [1.54, 1.807) is 7.11 Å². The fraction of sp³-hybridized carbons (Fsp3) is 0.727. The van der Waals surface area contributed by atoms with Crippen molar-refractivity contribution in [3.05, 3.63) is 22.5 Å². The SMILES string of the molecule is COCCC(C)NCC(O)Cn1cc([N+](=O)[O-])cn1. The Morgan fingerprint density at radius 1 is 1.68 bits per heavy atom. The van der Waals surface area contributed by atoms with Crippen LogP contribution in [0, 0.1) is 10.1 Å². The van der Waals surface area contributed by atoms with Crippen molar-refractivity contribution >= 4 is 5.69 Å². The lowest BCUT2D eigenvalue weighted by atomic mass is 10.2. The van der Waals surface area contributed by atoms with Gasteiger partial charge in [-0.2, -0.15) is 5.10 Å². The van der Waals surface area contributed by atoms with Crippen molar-refractivity contribution in [3.63, 3.8) is 0 Å². The number of aliphatic hydroxyl groups excluding tert-OH is 1. The van der Waals surface area contributed by atoms with Crippen LogP contribution in [-0.2, 0) is 11.3 Å². The number of aromatic nitrogens is 2. The molecule has 0 aliphatic rings. The van der Waals surface area contributed by atoms with Gasteiger partial charge in [0, 0.05) is 26.3 Å². The molecule has 0 spiro atoms. The minimum atomic E-state index is -0.649. The summed E-state index contributed by atoms with van der Waals surface area (Å²) in [5, 5.41) is 27.3. The molecule has 0 saturated heterocycles. The van der Waals surface area contributed by atoms with Crippen LogP contribution in [0.1, 0.15) is 13.3 Å². The molecule has 1 rings (SSSR count). The third-order valence-corrected chi connectivity index (χ3v) is 2.69. The summed E-state index contributed by atoms with van der Waals surface area (Å²) in [4.78, 5) is 9.97. The van der Waals surface area contributed by atoms with Crippen molar-refractivity contribution in [3.8, 4) is 0 Å². The van der Waals surface area contributed by atoms with E-state index < -0.39 is 11.0 Å². The van der Waals surface area contributed by atoms with Gasteiger partial charge in [-0.25, -0.2) is 0 Å². The monoisotopic (exact) mass is 272 g/mol. The third kappa shape index (κ3) is 5.77. The van der Waals surface area contributed by atoms with Gasteiger partial charge in [0.2, 0.25) is 0 Å². The average Bonchev–Trinajstić information content (AvgIpc) is 2.82. The van der Waals surface area contributed by atoms with E-state index in [2.05, 4.69) is 10.4 Å². The standard InChI is InChI=1S/C11H20N4O4/c1-9(3-4-19-2)12-6-11(16)8-14-7-10(5-13-14)15(17)18/h5,7,9,11-12,16H,3-4,6,8H2,1-2H3. The smallest absolute Gasteiger partial charge is 0.306 e. The number of nitrogens with zero attached hydrogens (tertiary/aromatic N) is 3. The normalized spacial score (nSPS) is 14.3. The molecule has 0 aromatic carbocycles. The summed E-state index contributed by atoms with van der Waals surface area (Å²) in [5.74, 6) is 0. The summed E-state index contributed by atoms with van der Waals surface area (Å²) in [6.07, 6.45) is 2.68. The lowest BCUT2D eigenvalue weighted by Crippen LogP contribution is -2.36. The lowest BCUT2D eigenvalue weighted by Gasteiger charge is -2.16. The minimum Gasteiger partial charge on any atom is -0.390 e. The molecule has 1 heterocycles. The second-order valence-corrected chi connectivity index (χ2v) is 4.42. The van der Waals surface area contributed by atoms with Crippen LogP contribution < -0.4 is 5.32 Å². The van der Waals surface area contributed by atoms with E-state index in [4.69, 9.17) is 4.74 Å². The zero-order valence-electron chi connectivity index (χ0n) is 11.2. The Hall–Kier alpha value is -1.51. The summed E-state index contributed by atoms with van der Waals surface area (Å²) in [6.45, 7) is 3.29. The summed E-state index contributed by atoms with van der Waals surface area (Å²) < 4.78 is 6.33. The number of hydrogen-bond acceptors (Lipinski definition) is 6.